The molecule has 1 saturated heterocycles. The van der Waals surface area contributed by atoms with Crippen molar-refractivity contribution in [2.45, 2.75) is 32.7 Å². The smallest absolute Gasteiger partial charge is 0.276 e. The lowest BCUT2D eigenvalue weighted by Crippen LogP contribution is -2.33. The second kappa shape index (κ2) is 8.52. The van der Waals surface area contributed by atoms with Crippen LogP contribution in [-0.4, -0.2) is 47.0 Å². The molecule has 7 heteroatoms. The molecule has 0 spiro atoms. The summed E-state index contributed by atoms with van der Waals surface area (Å²) in [6, 6.07) is 4.06. The van der Waals surface area contributed by atoms with Crippen molar-refractivity contribution in [2.75, 3.05) is 27.3 Å². The molecule has 0 atom stereocenters. The maximum atomic E-state index is 12.4. The first-order chi connectivity index (χ1) is 14.5. The first kappa shape index (κ1) is 20.5. The summed E-state index contributed by atoms with van der Waals surface area (Å²) in [6.45, 7) is 5.28. The van der Waals surface area contributed by atoms with Crippen LogP contribution in [0.3, 0.4) is 0 Å². The predicted molar refractivity (Wildman–Crippen MR) is 118 cm³/mol. The number of aromatic nitrogens is 3. The first-order valence-electron chi connectivity index (χ1n) is 10.6. The molecule has 3 heterocycles. The quantitative estimate of drug-likeness (QED) is 0.673. The standard InChI is InChI=1S/C23H30N4O3/c1-5-15-6-8-27(9-7-15)14-19-20(29-3)10-16(11-21(19)30-4)18-13-26(2)23(28)22-17(18)12-24-25-22/h10-13,15H,5-9,14H2,1-4H3,(H,24,25). The second-order valence-electron chi connectivity index (χ2n) is 8.10. The number of rotatable bonds is 6. The number of hydrogen-bond acceptors (Lipinski definition) is 5. The lowest BCUT2D eigenvalue weighted by molar-refractivity contribution is 0.172. The minimum atomic E-state index is -0.0997. The monoisotopic (exact) mass is 410 g/mol. The average molecular weight is 411 g/mol. The minimum absolute atomic E-state index is 0.0997. The van der Waals surface area contributed by atoms with E-state index in [1.165, 1.54) is 19.3 Å². The molecule has 1 aliphatic heterocycles. The van der Waals surface area contributed by atoms with Gasteiger partial charge in [0.1, 0.15) is 17.0 Å². The number of ether oxygens (including phenoxy) is 2. The van der Waals surface area contributed by atoms with Gasteiger partial charge in [-0.1, -0.05) is 13.3 Å². The molecule has 0 aliphatic carbocycles. The number of nitrogens with one attached hydrogen (secondary N) is 1. The molecule has 2 aromatic heterocycles. The summed E-state index contributed by atoms with van der Waals surface area (Å²) >= 11 is 0. The lowest BCUT2D eigenvalue weighted by atomic mass is 9.94. The SMILES string of the molecule is CCC1CCN(Cc2c(OC)cc(-c3cn(C)c(=O)c4[nH]ncc34)cc2OC)CC1. The molecule has 7 nitrogen and oxygen atoms in total. The van der Waals surface area contributed by atoms with Crippen LogP contribution in [0.15, 0.2) is 29.3 Å². The molecule has 0 radical (unpaired) electrons. The fourth-order valence-electron chi connectivity index (χ4n) is 4.45. The third-order valence-electron chi connectivity index (χ3n) is 6.37. The van der Waals surface area contributed by atoms with E-state index in [1.807, 2.05) is 18.3 Å². The summed E-state index contributed by atoms with van der Waals surface area (Å²) in [5, 5.41) is 7.68. The van der Waals surface area contributed by atoms with Crippen LogP contribution >= 0.6 is 0 Å². The Bertz CT molecular complexity index is 1070. The first-order valence-corrected chi connectivity index (χ1v) is 10.6. The molecule has 160 valence electrons. The van der Waals surface area contributed by atoms with Crippen molar-refractivity contribution in [3.05, 3.63) is 40.4 Å². The number of hydrogen-bond donors (Lipinski definition) is 1. The van der Waals surface area contributed by atoms with Crippen LogP contribution in [0.5, 0.6) is 11.5 Å². The van der Waals surface area contributed by atoms with E-state index in [4.69, 9.17) is 9.47 Å². The number of fused-ring (bicyclic) bond motifs is 1. The van der Waals surface area contributed by atoms with Crippen molar-refractivity contribution in [2.24, 2.45) is 13.0 Å². The van der Waals surface area contributed by atoms with E-state index in [-0.39, 0.29) is 5.56 Å². The van der Waals surface area contributed by atoms with Gasteiger partial charge in [-0.25, -0.2) is 0 Å². The third kappa shape index (κ3) is 3.69. The normalized spacial score (nSPS) is 15.6. The summed E-state index contributed by atoms with van der Waals surface area (Å²) < 4.78 is 13.1. The van der Waals surface area contributed by atoms with Crippen LogP contribution < -0.4 is 15.0 Å². The molecular weight excluding hydrogens is 380 g/mol. The van der Waals surface area contributed by atoms with Crippen molar-refractivity contribution in [1.29, 1.82) is 0 Å². The largest absolute Gasteiger partial charge is 0.496 e. The zero-order chi connectivity index (χ0) is 21.3. The zero-order valence-corrected chi connectivity index (χ0v) is 18.2. The van der Waals surface area contributed by atoms with E-state index in [0.29, 0.717) is 5.52 Å². The number of likely N-dealkylation sites (tertiary alicyclic amines) is 1. The van der Waals surface area contributed by atoms with Crippen molar-refractivity contribution < 1.29 is 9.47 Å². The Morgan fingerprint density at radius 1 is 1.17 bits per heavy atom. The van der Waals surface area contributed by atoms with E-state index in [1.54, 1.807) is 32.0 Å². The predicted octanol–water partition coefficient (Wildman–Crippen LogP) is 3.57. The summed E-state index contributed by atoms with van der Waals surface area (Å²) in [5.74, 6) is 2.44. The van der Waals surface area contributed by atoms with E-state index >= 15 is 0 Å². The zero-order valence-electron chi connectivity index (χ0n) is 18.2. The molecule has 30 heavy (non-hydrogen) atoms. The van der Waals surface area contributed by atoms with E-state index < -0.39 is 0 Å². The highest BCUT2D eigenvalue weighted by molar-refractivity contribution is 5.94. The number of aromatic amines is 1. The highest BCUT2D eigenvalue weighted by Crippen LogP contribution is 2.38. The molecule has 0 bridgehead atoms. The van der Waals surface area contributed by atoms with Crippen molar-refractivity contribution in [3.8, 4) is 22.6 Å². The van der Waals surface area contributed by atoms with Gasteiger partial charge in [0.15, 0.2) is 0 Å². The van der Waals surface area contributed by atoms with E-state index in [0.717, 1.165) is 59.1 Å². The van der Waals surface area contributed by atoms with Gasteiger partial charge in [-0.15, -0.1) is 0 Å². The number of methoxy groups -OCH3 is 2. The number of nitrogens with zero attached hydrogens (tertiary/aromatic N) is 3. The van der Waals surface area contributed by atoms with Gasteiger partial charge in [-0.2, -0.15) is 5.10 Å². The Kier molecular flexibility index (Phi) is 5.81. The Labute approximate surface area is 176 Å². The van der Waals surface area contributed by atoms with Gasteiger partial charge in [0.2, 0.25) is 0 Å². The maximum Gasteiger partial charge on any atom is 0.276 e. The Hall–Kier alpha value is -2.80. The molecule has 1 aliphatic rings. The number of H-pyrrole nitrogens is 1. The number of benzene rings is 1. The van der Waals surface area contributed by atoms with E-state index in [2.05, 4.69) is 22.0 Å². The Balaban J connectivity index is 1.74. The van der Waals surface area contributed by atoms with Crippen molar-refractivity contribution >= 4 is 10.9 Å². The highest BCUT2D eigenvalue weighted by Gasteiger charge is 2.22. The fourth-order valence-corrected chi connectivity index (χ4v) is 4.45. The summed E-state index contributed by atoms with van der Waals surface area (Å²) in [4.78, 5) is 14.9. The van der Waals surface area contributed by atoms with E-state index in [9.17, 15) is 4.79 Å². The van der Waals surface area contributed by atoms with Gasteiger partial charge in [-0.05, 0) is 49.5 Å². The number of pyridine rings is 1. The van der Waals surface area contributed by atoms with Crippen molar-refractivity contribution in [1.82, 2.24) is 19.7 Å². The number of piperidine rings is 1. The van der Waals surface area contributed by atoms with Gasteiger partial charge in [0, 0.05) is 30.7 Å². The number of aryl methyl sites for hydroxylation is 1. The molecule has 0 saturated carbocycles. The van der Waals surface area contributed by atoms with Crippen LogP contribution in [-0.2, 0) is 13.6 Å². The molecule has 1 N–H and O–H groups in total. The molecule has 1 aromatic carbocycles. The lowest BCUT2D eigenvalue weighted by Gasteiger charge is -2.32. The fraction of sp³-hybridized carbons (Fsp3) is 0.478. The van der Waals surface area contributed by atoms with Gasteiger partial charge < -0.3 is 14.0 Å². The molecule has 0 amide bonds. The summed E-state index contributed by atoms with van der Waals surface area (Å²) in [7, 11) is 5.13. The topological polar surface area (TPSA) is 72.4 Å². The molecule has 1 fully saturated rings. The molecule has 4 rings (SSSR count). The summed E-state index contributed by atoms with van der Waals surface area (Å²) in [5.41, 5.74) is 3.30. The Morgan fingerprint density at radius 2 is 1.83 bits per heavy atom. The van der Waals surface area contributed by atoms with Crippen LogP contribution in [0.2, 0.25) is 0 Å². The maximum absolute atomic E-state index is 12.4. The van der Waals surface area contributed by atoms with Crippen LogP contribution in [0, 0.1) is 5.92 Å². The average Bonchev–Trinajstić information content (AvgIpc) is 3.27. The van der Waals surface area contributed by atoms with Gasteiger partial charge >= 0.3 is 0 Å². The van der Waals surface area contributed by atoms with Gasteiger partial charge in [0.05, 0.1) is 26.0 Å². The van der Waals surface area contributed by atoms with Gasteiger partial charge in [-0.3, -0.25) is 14.8 Å². The Morgan fingerprint density at radius 3 is 2.43 bits per heavy atom. The van der Waals surface area contributed by atoms with Crippen LogP contribution in [0.25, 0.3) is 22.0 Å². The summed E-state index contributed by atoms with van der Waals surface area (Å²) in [6.07, 6.45) is 7.28. The van der Waals surface area contributed by atoms with Gasteiger partial charge in [0.25, 0.3) is 5.56 Å². The minimum Gasteiger partial charge on any atom is -0.496 e. The molecular formula is C23H30N4O3. The highest BCUT2D eigenvalue weighted by atomic mass is 16.5. The van der Waals surface area contributed by atoms with Crippen LogP contribution in [0.1, 0.15) is 31.7 Å². The second-order valence-corrected chi connectivity index (χ2v) is 8.10. The van der Waals surface area contributed by atoms with Crippen LogP contribution in [0.4, 0.5) is 0 Å². The molecule has 0 unspecified atom stereocenters. The molecule has 3 aromatic rings. The third-order valence-corrected chi connectivity index (χ3v) is 6.37. The van der Waals surface area contributed by atoms with Crippen molar-refractivity contribution in [3.63, 3.8) is 0 Å².